The summed E-state index contributed by atoms with van der Waals surface area (Å²) in [7, 11) is 0. The molecule has 0 radical (unpaired) electrons. The van der Waals surface area contributed by atoms with Gasteiger partial charge in [0.2, 0.25) is 0 Å². The largest absolute Gasteiger partial charge is 0.347 e. The zero-order valence-electron chi connectivity index (χ0n) is 6.51. The third-order valence-corrected chi connectivity index (χ3v) is 1.40. The molecule has 11 heavy (non-hydrogen) atoms. The van der Waals surface area contributed by atoms with Crippen LogP contribution in [0.1, 0.15) is 12.1 Å². The van der Waals surface area contributed by atoms with Crippen molar-refractivity contribution in [3.05, 3.63) is 30.9 Å². The maximum absolute atomic E-state index is 3.91. The molecule has 1 aromatic rings. The van der Waals surface area contributed by atoms with Crippen LogP contribution in [-0.2, 0) is 6.54 Å². The normalized spacial score (nSPS) is 9.82. The Balaban J connectivity index is 2.09. The summed E-state index contributed by atoms with van der Waals surface area (Å²) in [5.74, 6) is 0. The first-order chi connectivity index (χ1) is 5.43. The maximum Gasteiger partial charge on any atom is 0.0922 e. The molecule has 0 saturated heterocycles. The fourth-order valence-electron chi connectivity index (χ4n) is 0.809. The summed E-state index contributed by atoms with van der Waals surface area (Å²) in [6, 6.07) is 0. The van der Waals surface area contributed by atoms with Crippen LogP contribution >= 0.6 is 0 Å². The molecule has 0 amide bonds. The van der Waals surface area contributed by atoms with Crippen LogP contribution in [0.15, 0.2) is 25.2 Å². The highest BCUT2D eigenvalue weighted by Crippen LogP contribution is 1.88. The van der Waals surface area contributed by atoms with Gasteiger partial charge in [-0.25, -0.2) is 4.98 Å². The fraction of sp³-hybridized carbons (Fsp3) is 0.375. The number of aromatic nitrogens is 2. The highest BCUT2D eigenvalue weighted by atomic mass is 14.9. The summed E-state index contributed by atoms with van der Waals surface area (Å²) in [6.07, 6.45) is 6.42. The minimum atomic E-state index is 0.855. The second-order valence-electron chi connectivity index (χ2n) is 2.33. The van der Waals surface area contributed by atoms with E-state index in [-0.39, 0.29) is 0 Å². The van der Waals surface area contributed by atoms with E-state index in [0.29, 0.717) is 0 Å². The molecule has 0 atom stereocenters. The predicted molar refractivity (Wildman–Crippen MR) is 45.1 cm³/mol. The third-order valence-electron chi connectivity index (χ3n) is 1.40. The molecule has 0 aliphatic rings. The van der Waals surface area contributed by atoms with E-state index in [9.17, 15) is 0 Å². The number of hydrogen-bond donors (Lipinski definition) is 2. The van der Waals surface area contributed by atoms with E-state index in [4.69, 9.17) is 0 Å². The van der Waals surface area contributed by atoms with E-state index in [2.05, 4.69) is 21.9 Å². The van der Waals surface area contributed by atoms with Crippen LogP contribution in [0.5, 0.6) is 0 Å². The van der Waals surface area contributed by atoms with Gasteiger partial charge >= 0.3 is 0 Å². The van der Waals surface area contributed by atoms with Crippen molar-refractivity contribution in [1.82, 2.24) is 15.3 Å². The zero-order chi connectivity index (χ0) is 7.94. The highest BCUT2D eigenvalue weighted by molar-refractivity contribution is 4.93. The summed E-state index contributed by atoms with van der Waals surface area (Å²) in [5.41, 5.74) is 1.12. The first-order valence-electron chi connectivity index (χ1n) is 3.72. The molecule has 1 aromatic heterocycles. The van der Waals surface area contributed by atoms with Crippen molar-refractivity contribution in [2.24, 2.45) is 0 Å². The van der Waals surface area contributed by atoms with Gasteiger partial charge in [0.25, 0.3) is 0 Å². The molecule has 60 valence electrons. The van der Waals surface area contributed by atoms with Gasteiger partial charge in [-0.1, -0.05) is 6.08 Å². The second kappa shape index (κ2) is 4.68. The molecule has 1 heterocycles. The Bertz CT molecular complexity index is 191. The van der Waals surface area contributed by atoms with Gasteiger partial charge in [0, 0.05) is 18.4 Å². The van der Waals surface area contributed by atoms with Crippen LogP contribution in [0.25, 0.3) is 0 Å². The molecule has 3 heteroatoms. The van der Waals surface area contributed by atoms with Gasteiger partial charge in [0.1, 0.15) is 0 Å². The first kappa shape index (κ1) is 8.01. The van der Waals surface area contributed by atoms with E-state index in [1.54, 1.807) is 6.33 Å². The van der Waals surface area contributed by atoms with Crippen molar-refractivity contribution in [3.63, 3.8) is 0 Å². The molecule has 3 nitrogen and oxygen atoms in total. The molecular weight excluding hydrogens is 138 g/mol. The molecule has 0 spiro atoms. The molecule has 0 aliphatic heterocycles. The molecule has 2 N–H and O–H groups in total. The molecule has 0 fully saturated rings. The van der Waals surface area contributed by atoms with E-state index >= 15 is 0 Å². The van der Waals surface area contributed by atoms with Crippen LogP contribution in [0.4, 0.5) is 0 Å². The van der Waals surface area contributed by atoms with E-state index < -0.39 is 0 Å². The molecular formula is C8H13N3. The lowest BCUT2D eigenvalue weighted by Gasteiger charge is -1.98. The van der Waals surface area contributed by atoms with E-state index in [0.717, 1.165) is 25.2 Å². The minimum Gasteiger partial charge on any atom is -0.347 e. The van der Waals surface area contributed by atoms with Gasteiger partial charge < -0.3 is 10.3 Å². The average Bonchev–Trinajstić information content (AvgIpc) is 2.50. The number of nitrogens with one attached hydrogen (secondary N) is 2. The number of nitrogens with zero attached hydrogens (tertiary/aromatic N) is 1. The van der Waals surface area contributed by atoms with Crippen LogP contribution in [0.2, 0.25) is 0 Å². The minimum absolute atomic E-state index is 0.855. The number of imidazole rings is 1. The van der Waals surface area contributed by atoms with Crippen molar-refractivity contribution in [1.29, 1.82) is 0 Å². The Morgan fingerprint density at radius 3 is 3.27 bits per heavy atom. The summed E-state index contributed by atoms with van der Waals surface area (Å²) < 4.78 is 0. The van der Waals surface area contributed by atoms with Crippen molar-refractivity contribution < 1.29 is 0 Å². The van der Waals surface area contributed by atoms with Crippen molar-refractivity contribution in [2.45, 2.75) is 13.0 Å². The lowest BCUT2D eigenvalue weighted by atomic mass is 10.4. The smallest absolute Gasteiger partial charge is 0.0922 e. The monoisotopic (exact) mass is 151 g/mol. The Morgan fingerprint density at radius 1 is 1.73 bits per heavy atom. The Morgan fingerprint density at radius 2 is 2.64 bits per heavy atom. The van der Waals surface area contributed by atoms with Gasteiger partial charge in [-0.3, -0.25) is 0 Å². The molecule has 1 rings (SSSR count). The third kappa shape index (κ3) is 3.00. The van der Waals surface area contributed by atoms with Gasteiger partial charge in [-0.15, -0.1) is 6.58 Å². The summed E-state index contributed by atoms with van der Waals surface area (Å²) in [5, 5.41) is 3.25. The van der Waals surface area contributed by atoms with Gasteiger partial charge in [-0.2, -0.15) is 0 Å². The number of aromatic amines is 1. The van der Waals surface area contributed by atoms with Gasteiger partial charge in [-0.05, 0) is 13.0 Å². The van der Waals surface area contributed by atoms with E-state index in [1.165, 1.54) is 0 Å². The Kier molecular flexibility index (Phi) is 3.41. The van der Waals surface area contributed by atoms with Crippen LogP contribution in [0.3, 0.4) is 0 Å². The number of hydrogen-bond acceptors (Lipinski definition) is 2. The molecule has 0 unspecified atom stereocenters. The van der Waals surface area contributed by atoms with Gasteiger partial charge in [0.15, 0.2) is 0 Å². The summed E-state index contributed by atoms with van der Waals surface area (Å²) in [6.45, 7) is 5.46. The molecule has 0 bridgehead atoms. The molecule has 0 aliphatic carbocycles. The van der Waals surface area contributed by atoms with Crippen LogP contribution in [-0.4, -0.2) is 16.5 Å². The Labute approximate surface area is 66.5 Å². The maximum atomic E-state index is 3.91. The fourth-order valence-corrected chi connectivity index (χ4v) is 0.809. The molecule has 0 aromatic carbocycles. The molecule has 0 saturated carbocycles. The first-order valence-corrected chi connectivity index (χ1v) is 3.72. The standard InChI is InChI=1S/C8H13N3/c1-2-3-4-9-5-8-6-10-7-11-8/h2,6-7,9H,1,3-5H2,(H,10,11). The highest BCUT2D eigenvalue weighted by Gasteiger charge is 1.89. The van der Waals surface area contributed by atoms with E-state index in [1.807, 2.05) is 12.3 Å². The van der Waals surface area contributed by atoms with Crippen molar-refractivity contribution >= 4 is 0 Å². The summed E-state index contributed by atoms with van der Waals surface area (Å²) >= 11 is 0. The van der Waals surface area contributed by atoms with Crippen LogP contribution < -0.4 is 5.32 Å². The van der Waals surface area contributed by atoms with Crippen molar-refractivity contribution in [3.8, 4) is 0 Å². The average molecular weight is 151 g/mol. The van der Waals surface area contributed by atoms with Crippen molar-refractivity contribution in [2.75, 3.05) is 6.54 Å². The lowest BCUT2D eigenvalue weighted by Crippen LogP contribution is -2.13. The SMILES string of the molecule is C=CCCNCc1cnc[nH]1. The topological polar surface area (TPSA) is 40.7 Å². The van der Waals surface area contributed by atoms with Crippen LogP contribution in [0, 0.1) is 0 Å². The number of rotatable bonds is 5. The lowest BCUT2D eigenvalue weighted by molar-refractivity contribution is 0.685. The zero-order valence-corrected chi connectivity index (χ0v) is 6.51. The Hall–Kier alpha value is -1.09. The number of H-pyrrole nitrogens is 1. The quantitative estimate of drug-likeness (QED) is 0.488. The van der Waals surface area contributed by atoms with Gasteiger partial charge in [0.05, 0.1) is 6.33 Å². The second-order valence-corrected chi connectivity index (χ2v) is 2.33. The summed E-state index contributed by atoms with van der Waals surface area (Å²) in [4.78, 5) is 6.92. The predicted octanol–water partition coefficient (Wildman–Crippen LogP) is 1.08.